The van der Waals surface area contributed by atoms with Crippen LogP contribution in [0, 0.1) is 0 Å². The van der Waals surface area contributed by atoms with Gasteiger partial charge in [-0.2, -0.15) is 0 Å². The molecule has 0 rings (SSSR count). The Balaban J connectivity index is 4.12. The first-order chi connectivity index (χ1) is 6.94. The van der Waals surface area contributed by atoms with Crippen LogP contribution in [-0.2, 0) is 14.3 Å². The molecule has 15 heavy (non-hydrogen) atoms. The van der Waals surface area contributed by atoms with Crippen molar-refractivity contribution in [2.45, 2.75) is 38.9 Å². The van der Waals surface area contributed by atoms with Crippen LogP contribution in [0.1, 0.15) is 34.1 Å². The molecule has 0 amide bonds. The van der Waals surface area contributed by atoms with E-state index in [1.165, 1.54) is 0 Å². The van der Waals surface area contributed by atoms with E-state index in [1.807, 2.05) is 6.92 Å². The fourth-order valence-corrected chi connectivity index (χ4v) is 1.47. The van der Waals surface area contributed by atoms with Gasteiger partial charge in [-0.15, -0.1) is 0 Å². The standard InChI is InChI=1S/C10H18O4S/c1-5-7-14-9(12)15-10(3,4)8(11)13-6-2/h5-7H2,1-4H3. The van der Waals surface area contributed by atoms with Crippen molar-refractivity contribution in [3.63, 3.8) is 0 Å². The molecule has 0 bridgehead atoms. The number of esters is 1. The molecule has 0 N–H and O–H groups in total. The molecule has 0 unspecified atom stereocenters. The summed E-state index contributed by atoms with van der Waals surface area (Å²) < 4.78 is 8.83. The third-order valence-electron chi connectivity index (χ3n) is 1.53. The van der Waals surface area contributed by atoms with Gasteiger partial charge in [0.05, 0.1) is 13.2 Å². The largest absolute Gasteiger partial charge is 0.465 e. The Morgan fingerprint density at radius 2 is 1.80 bits per heavy atom. The fourth-order valence-electron chi connectivity index (χ4n) is 0.770. The van der Waals surface area contributed by atoms with Gasteiger partial charge in [-0.1, -0.05) is 6.92 Å². The second kappa shape index (κ2) is 6.71. The van der Waals surface area contributed by atoms with Crippen LogP contribution in [0.25, 0.3) is 0 Å². The van der Waals surface area contributed by atoms with Crippen LogP contribution >= 0.6 is 11.8 Å². The lowest BCUT2D eigenvalue weighted by atomic mass is 10.2. The molecule has 0 aliphatic rings. The van der Waals surface area contributed by atoms with E-state index < -0.39 is 16.0 Å². The highest BCUT2D eigenvalue weighted by molar-refractivity contribution is 8.15. The summed E-state index contributed by atoms with van der Waals surface area (Å²) in [5.41, 5.74) is 0. The lowest BCUT2D eigenvalue weighted by Gasteiger charge is -2.19. The quantitative estimate of drug-likeness (QED) is 0.684. The Hall–Kier alpha value is -0.710. The summed E-state index contributed by atoms with van der Waals surface area (Å²) in [6.07, 6.45) is 0.770. The number of carbonyl (C=O) groups is 2. The Morgan fingerprint density at radius 3 is 2.27 bits per heavy atom. The molecule has 0 fully saturated rings. The molecule has 0 heterocycles. The van der Waals surface area contributed by atoms with Crippen LogP contribution in [0.15, 0.2) is 0 Å². The second-order valence-corrected chi connectivity index (χ2v) is 4.99. The molecule has 0 aliphatic heterocycles. The van der Waals surface area contributed by atoms with Crippen molar-refractivity contribution in [1.82, 2.24) is 0 Å². The molecule has 0 aromatic rings. The Bertz CT molecular complexity index is 225. The zero-order valence-corrected chi connectivity index (χ0v) is 10.5. The first kappa shape index (κ1) is 14.3. The van der Waals surface area contributed by atoms with Crippen molar-refractivity contribution in [1.29, 1.82) is 0 Å². The van der Waals surface area contributed by atoms with Gasteiger partial charge in [0, 0.05) is 0 Å². The summed E-state index contributed by atoms with van der Waals surface area (Å²) in [5.74, 6) is -0.400. The van der Waals surface area contributed by atoms with E-state index in [1.54, 1.807) is 20.8 Å². The minimum absolute atomic E-state index is 0.312. The van der Waals surface area contributed by atoms with Gasteiger partial charge in [-0.3, -0.25) is 4.79 Å². The average Bonchev–Trinajstić information content (AvgIpc) is 2.14. The normalized spacial score (nSPS) is 10.9. The van der Waals surface area contributed by atoms with Crippen molar-refractivity contribution in [3.05, 3.63) is 0 Å². The van der Waals surface area contributed by atoms with Gasteiger partial charge in [0.1, 0.15) is 4.75 Å². The Morgan fingerprint density at radius 1 is 1.20 bits per heavy atom. The summed E-state index contributed by atoms with van der Waals surface area (Å²) in [6, 6.07) is 0. The third kappa shape index (κ3) is 5.67. The monoisotopic (exact) mass is 234 g/mol. The summed E-state index contributed by atoms with van der Waals surface area (Å²) in [7, 11) is 0. The van der Waals surface area contributed by atoms with Gasteiger partial charge in [0.25, 0.3) is 0 Å². The predicted molar refractivity (Wildman–Crippen MR) is 59.9 cm³/mol. The van der Waals surface area contributed by atoms with Crippen LogP contribution in [0.4, 0.5) is 4.79 Å². The van der Waals surface area contributed by atoms with E-state index in [4.69, 9.17) is 9.47 Å². The van der Waals surface area contributed by atoms with Crippen LogP contribution in [0.3, 0.4) is 0 Å². The topological polar surface area (TPSA) is 52.6 Å². The number of carbonyl (C=O) groups excluding carboxylic acids is 2. The van der Waals surface area contributed by atoms with E-state index in [0.29, 0.717) is 13.2 Å². The van der Waals surface area contributed by atoms with Crippen molar-refractivity contribution in [2.75, 3.05) is 13.2 Å². The maximum atomic E-state index is 11.4. The molecular weight excluding hydrogens is 216 g/mol. The Labute approximate surface area is 94.7 Å². The van der Waals surface area contributed by atoms with E-state index in [0.717, 1.165) is 18.2 Å². The van der Waals surface area contributed by atoms with Crippen molar-refractivity contribution in [2.24, 2.45) is 0 Å². The van der Waals surface area contributed by atoms with Gasteiger partial charge in [-0.25, -0.2) is 4.79 Å². The van der Waals surface area contributed by atoms with Crippen molar-refractivity contribution in [3.8, 4) is 0 Å². The highest BCUT2D eigenvalue weighted by Crippen LogP contribution is 2.27. The molecule has 0 atom stereocenters. The molecule has 0 spiro atoms. The predicted octanol–water partition coefficient (Wildman–Crippen LogP) is 2.61. The Kier molecular flexibility index (Phi) is 6.40. The number of ether oxygens (including phenoxy) is 2. The van der Waals surface area contributed by atoms with Crippen LogP contribution in [0.2, 0.25) is 0 Å². The minimum atomic E-state index is -0.888. The second-order valence-electron chi connectivity index (χ2n) is 3.43. The minimum Gasteiger partial charge on any atom is -0.465 e. The number of hydrogen-bond donors (Lipinski definition) is 0. The van der Waals surface area contributed by atoms with Gasteiger partial charge in [-0.05, 0) is 39.0 Å². The molecule has 0 saturated carbocycles. The lowest BCUT2D eigenvalue weighted by molar-refractivity contribution is -0.145. The van der Waals surface area contributed by atoms with Crippen LogP contribution in [0.5, 0.6) is 0 Å². The maximum Gasteiger partial charge on any atom is 0.368 e. The summed E-state index contributed by atoms with van der Waals surface area (Å²) >= 11 is 0.854. The average molecular weight is 234 g/mol. The van der Waals surface area contributed by atoms with Gasteiger partial charge >= 0.3 is 11.3 Å². The molecule has 88 valence electrons. The first-order valence-corrected chi connectivity index (χ1v) is 5.78. The zero-order valence-electron chi connectivity index (χ0n) is 9.66. The molecule has 0 aromatic heterocycles. The van der Waals surface area contributed by atoms with Gasteiger partial charge in [0.15, 0.2) is 0 Å². The molecule has 5 heteroatoms. The lowest BCUT2D eigenvalue weighted by Crippen LogP contribution is -2.31. The SMILES string of the molecule is CCCOC(=O)SC(C)(C)C(=O)OCC. The molecule has 0 radical (unpaired) electrons. The van der Waals surface area contributed by atoms with E-state index in [2.05, 4.69) is 0 Å². The van der Waals surface area contributed by atoms with Crippen LogP contribution in [-0.4, -0.2) is 29.2 Å². The van der Waals surface area contributed by atoms with Gasteiger partial charge in [0.2, 0.25) is 0 Å². The smallest absolute Gasteiger partial charge is 0.368 e. The number of thioether (sulfide) groups is 1. The van der Waals surface area contributed by atoms with Crippen molar-refractivity contribution >= 4 is 23.0 Å². The molecule has 0 saturated heterocycles. The highest BCUT2D eigenvalue weighted by Gasteiger charge is 2.33. The first-order valence-electron chi connectivity index (χ1n) is 4.97. The van der Waals surface area contributed by atoms with E-state index in [-0.39, 0.29) is 0 Å². The molecule has 0 aliphatic carbocycles. The summed E-state index contributed by atoms with van der Waals surface area (Å²) in [6.45, 7) is 7.62. The van der Waals surface area contributed by atoms with Crippen molar-refractivity contribution < 1.29 is 19.1 Å². The highest BCUT2D eigenvalue weighted by atomic mass is 32.2. The third-order valence-corrected chi connectivity index (χ3v) is 2.49. The molecule has 4 nitrogen and oxygen atoms in total. The maximum absolute atomic E-state index is 11.4. The number of hydrogen-bond acceptors (Lipinski definition) is 5. The summed E-state index contributed by atoms with van der Waals surface area (Å²) in [4.78, 5) is 22.7. The number of rotatable bonds is 5. The van der Waals surface area contributed by atoms with E-state index >= 15 is 0 Å². The van der Waals surface area contributed by atoms with Crippen LogP contribution < -0.4 is 0 Å². The van der Waals surface area contributed by atoms with Gasteiger partial charge < -0.3 is 9.47 Å². The molecule has 0 aromatic carbocycles. The molecular formula is C10H18O4S. The summed E-state index contributed by atoms with van der Waals surface area (Å²) in [5, 5.41) is -0.435. The zero-order chi connectivity index (χ0) is 11.9. The fraction of sp³-hybridized carbons (Fsp3) is 0.800. The van der Waals surface area contributed by atoms with E-state index in [9.17, 15) is 9.59 Å².